The van der Waals surface area contributed by atoms with Gasteiger partial charge in [0, 0.05) is 12.6 Å². The second kappa shape index (κ2) is 7.03. The Morgan fingerprint density at radius 3 is 2.43 bits per heavy atom. The minimum Gasteiger partial charge on any atom is -0.354 e. The first-order valence-electron chi connectivity index (χ1n) is 7.80. The average Bonchev–Trinajstić information content (AvgIpc) is 2.53. The van der Waals surface area contributed by atoms with Crippen LogP contribution in [0.1, 0.15) is 44.6 Å². The minimum absolute atomic E-state index is 0.0795. The van der Waals surface area contributed by atoms with Crippen LogP contribution in [0.25, 0.3) is 0 Å². The minimum atomic E-state index is -0.487. The van der Waals surface area contributed by atoms with Gasteiger partial charge in [-0.2, -0.15) is 0 Å². The summed E-state index contributed by atoms with van der Waals surface area (Å²) in [6, 6.07) is 6.68. The highest BCUT2D eigenvalue weighted by molar-refractivity contribution is 5.88. The molecule has 1 aromatic rings. The predicted molar refractivity (Wildman–Crippen MR) is 82.7 cm³/mol. The maximum atomic E-state index is 13.2. The van der Waals surface area contributed by atoms with Gasteiger partial charge in [-0.3, -0.25) is 4.79 Å². The lowest BCUT2D eigenvalue weighted by Crippen LogP contribution is -2.48. The fourth-order valence-electron chi connectivity index (χ4n) is 3.09. The van der Waals surface area contributed by atoms with Crippen molar-refractivity contribution in [2.24, 2.45) is 0 Å². The zero-order valence-electron chi connectivity index (χ0n) is 12.9. The number of carbonyl (C=O) groups is 1. The van der Waals surface area contributed by atoms with Gasteiger partial charge in [-0.15, -0.1) is 0 Å². The Bertz CT molecular complexity index is 466. The fraction of sp³-hybridized carbons (Fsp3) is 0.588. The van der Waals surface area contributed by atoms with Gasteiger partial charge in [0.25, 0.3) is 0 Å². The molecule has 0 spiro atoms. The molecule has 0 radical (unpaired) electrons. The molecular weight excluding hydrogens is 267 g/mol. The summed E-state index contributed by atoms with van der Waals surface area (Å²) < 4.78 is 13.2. The lowest BCUT2D eigenvalue weighted by atomic mass is 9.68. The van der Waals surface area contributed by atoms with E-state index in [1.807, 2.05) is 14.0 Å². The van der Waals surface area contributed by atoms with Crippen molar-refractivity contribution >= 4 is 5.91 Å². The van der Waals surface area contributed by atoms with E-state index in [0.717, 1.165) is 31.2 Å². The van der Waals surface area contributed by atoms with E-state index in [0.29, 0.717) is 6.54 Å². The molecule has 1 fully saturated rings. The van der Waals surface area contributed by atoms with Crippen LogP contribution in [0.5, 0.6) is 0 Å². The van der Waals surface area contributed by atoms with E-state index in [-0.39, 0.29) is 17.8 Å². The third-order valence-corrected chi connectivity index (χ3v) is 4.60. The van der Waals surface area contributed by atoms with Crippen molar-refractivity contribution in [3.63, 3.8) is 0 Å². The number of carbonyl (C=O) groups excluding carboxylic acids is 1. The molecule has 116 valence electrons. The number of benzene rings is 1. The first-order chi connectivity index (χ1) is 10.1. The second-order valence-corrected chi connectivity index (χ2v) is 6.05. The average molecular weight is 292 g/mol. The van der Waals surface area contributed by atoms with Crippen LogP contribution in [0.3, 0.4) is 0 Å². The fourth-order valence-corrected chi connectivity index (χ4v) is 3.09. The molecule has 21 heavy (non-hydrogen) atoms. The van der Waals surface area contributed by atoms with Crippen molar-refractivity contribution in [2.75, 3.05) is 13.6 Å². The van der Waals surface area contributed by atoms with E-state index in [1.54, 1.807) is 12.1 Å². The van der Waals surface area contributed by atoms with Crippen LogP contribution in [-0.4, -0.2) is 25.5 Å². The van der Waals surface area contributed by atoms with Gasteiger partial charge in [0.2, 0.25) is 5.91 Å². The molecular formula is C17H25FN2O. The molecule has 3 nitrogen and oxygen atoms in total. The smallest absolute Gasteiger partial charge is 0.230 e. The number of amides is 1. The SMILES string of the molecule is CNC(C)CNC(=O)C1(c2ccc(F)cc2)CCCCC1. The van der Waals surface area contributed by atoms with Crippen LogP contribution in [0.2, 0.25) is 0 Å². The summed E-state index contributed by atoms with van der Waals surface area (Å²) in [5, 5.41) is 6.18. The molecule has 1 aliphatic carbocycles. The molecule has 2 rings (SSSR count). The molecule has 1 atom stereocenters. The number of hydrogen-bond donors (Lipinski definition) is 2. The van der Waals surface area contributed by atoms with Crippen molar-refractivity contribution in [3.8, 4) is 0 Å². The highest BCUT2D eigenvalue weighted by Gasteiger charge is 2.40. The Hall–Kier alpha value is -1.42. The summed E-state index contributed by atoms with van der Waals surface area (Å²) in [6.45, 7) is 2.64. The molecule has 0 bridgehead atoms. The van der Waals surface area contributed by atoms with Gasteiger partial charge in [0.15, 0.2) is 0 Å². The topological polar surface area (TPSA) is 41.1 Å². The van der Waals surface area contributed by atoms with Crippen LogP contribution >= 0.6 is 0 Å². The third kappa shape index (κ3) is 3.62. The van der Waals surface area contributed by atoms with Gasteiger partial charge >= 0.3 is 0 Å². The van der Waals surface area contributed by atoms with E-state index in [9.17, 15) is 9.18 Å². The second-order valence-electron chi connectivity index (χ2n) is 6.05. The molecule has 1 unspecified atom stereocenters. The first-order valence-corrected chi connectivity index (χ1v) is 7.80. The number of rotatable bonds is 5. The highest BCUT2D eigenvalue weighted by Crippen LogP contribution is 2.39. The molecule has 0 aliphatic heterocycles. The zero-order chi connectivity index (χ0) is 15.3. The quantitative estimate of drug-likeness (QED) is 0.876. The van der Waals surface area contributed by atoms with Gasteiger partial charge in [0.05, 0.1) is 5.41 Å². The van der Waals surface area contributed by atoms with Crippen LogP contribution in [0.4, 0.5) is 4.39 Å². The molecule has 0 heterocycles. The van der Waals surface area contributed by atoms with Gasteiger partial charge in [-0.05, 0) is 44.5 Å². The molecule has 1 aliphatic rings. The maximum absolute atomic E-state index is 13.2. The summed E-state index contributed by atoms with van der Waals surface area (Å²) in [5.41, 5.74) is 0.456. The molecule has 2 N–H and O–H groups in total. The number of likely N-dealkylation sites (N-methyl/N-ethyl adjacent to an activating group) is 1. The van der Waals surface area contributed by atoms with E-state index in [4.69, 9.17) is 0 Å². The van der Waals surface area contributed by atoms with Crippen LogP contribution < -0.4 is 10.6 Å². The van der Waals surface area contributed by atoms with Crippen molar-refractivity contribution in [1.82, 2.24) is 10.6 Å². The predicted octanol–water partition coefficient (Wildman–Crippen LogP) is 2.75. The molecule has 1 aromatic carbocycles. The lowest BCUT2D eigenvalue weighted by molar-refractivity contribution is -0.128. The molecule has 0 saturated heterocycles. The monoisotopic (exact) mass is 292 g/mol. The summed E-state index contributed by atoms with van der Waals surface area (Å²) in [6.07, 6.45) is 4.96. The van der Waals surface area contributed by atoms with Crippen LogP contribution in [0.15, 0.2) is 24.3 Å². The number of hydrogen-bond acceptors (Lipinski definition) is 2. The van der Waals surface area contributed by atoms with E-state index in [1.165, 1.54) is 18.6 Å². The van der Waals surface area contributed by atoms with Crippen molar-refractivity contribution in [2.45, 2.75) is 50.5 Å². The van der Waals surface area contributed by atoms with Crippen LogP contribution in [-0.2, 0) is 10.2 Å². The van der Waals surface area contributed by atoms with E-state index < -0.39 is 5.41 Å². The molecule has 4 heteroatoms. The third-order valence-electron chi connectivity index (χ3n) is 4.60. The van der Waals surface area contributed by atoms with E-state index >= 15 is 0 Å². The summed E-state index contributed by atoms with van der Waals surface area (Å²) >= 11 is 0. The first kappa shape index (κ1) is 16.0. The van der Waals surface area contributed by atoms with Gasteiger partial charge in [-0.25, -0.2) is 4.39 Å². The standard InChI is InChI=1S/C17H25FN2O/c1-13(19-2)12-20-16(21)17(10-4-3-5-11-17)14-6-8-15(18)9-7-14/h6-9,13,19H,3-5,10-12H2,1-2H3,(H,20,21). The Balaban J connectivity index is 2.20. The van der Waals surface area contributed by atoms with Crippen molar-refractivity contribution in [3.05, 3.63) is 35.6 Å². The maximum Gasteiger partial charge on any atom is 0.230 e. The number of halogens is 1. The Labute approximate surface area is 126 Å². The summed E-state index contributed by atoms with van der Waals surface area (Å²) in [7, 11) is 1.88. The summed E-state index contributed by atoms with van der Waals surface area (Å²) in [4.78, 5) is 12.8. The Kier molecular flexibility index (Phi) is 5.34. The van der Waals surface area contributed by atoms with E-state index in [2.05, 4.69) is 10.6 Å². The highest BCUT2D eigenvalue weighted by atomic mass is 19.1. The zero-order valence-corrected chi connectivity index (χ0v) is 12.9. The van der Waals surface area contributed by atoms with Crippen molar-refractivity contribution in [1.29, 1.82) is 0 Å². The van der Waals surface area contributed by atoms with Crippen molar-refractivity contribution < 1.29 is 9.18 Å². The molecule has 1 saturated carbocycles. The Morgan fingerprint density at radius 1 is 1.24 bits per heavy atom. The number of nitrogens with one attached hydrogen (secondary N) is 2. The van der Waals surface area contributed by atoms with Crippen LogP contribution in [0, 0.1) is 5.82 Å². The normalized spacial score (nSPS) is 19.0. The van der Waals surface area contributed by atoms with Gasteiger partial charge < -0.3 is 10.6 Å². The molecule has 0 aromatic heterocycles. The van der Waals surface area contributed by atoms with Gasteiger partial charge in [-0.1, -0.05) is 31.4 Å². The molecule has 1 amide bonds. The lowest BCUT2D eigenvalue weighted by Gasteiger charge is -2.36. The largest absolute Gasteiger partial charge is 0.354 e. The Morgan fingerprint density at radius 2 is 1.86 bits per heavy atom. The van der Waals surface area contributed by atoms with Gasteiger partial charge in [0.1, 0.15) is 5.82 Å². The summed E-state index contributed by atoms with van der Waals surface area (Å²) in [5.74, 6) is -0.176.